The normalized spacial score (nSPS) is 14.1. The first-order valence-electron chi connectivity index (χ1n) is 5.48. The van der Waals surface area contributed by atoms with Gasteiger partial charge in [-0.05, 0) is 32.4 Å². The van der Waals surface area contributed by atoms with Gasteiger partial charge in [-0.1, -0.05) is 0 Å². The van der Waals surface area contributed by atoms with Crippen LogP contribution in [0, 0.1) is 0 Å². The number of carbonyl (C=O) groups is 1. The van der Waals surface area contributed by atoms with Gasteiger partial charge in [0.25, 0.3) is 5.91 Å². The van der Waals surface area contributed by atoms with Crippen LogP contribution in [0.25, 0.3) is 0 Å². The molecule has 17 heavy (non-hydrogen) atoms. The highest BCUT2D eigenvalue weighted by Gasteiger charge is 2.14. The molecule has 0 fully saturated rings. The van der Waals surface area contributed by atoms with E-state index in [1.54, 1.807) is 0 Å². The molecule has 1 aromatic carbocycles. The van der Waals surface area contributed by atoms with E-state index in [1.807, 2.05) is 13.8 Å². The molecule has 0 aliphatic carbocycles. The van der Waals surface area contributed by atoms with Gasteiger partial charge in [0.15, 0.2) is 0 Å². The van der Waals surface area contributed by atoms with Gasteiger partial charge in [0, 0.05) is 18.2 Å². The molecule has 0 saturated heterocycles. The van der Waals surface area contributed by atoms with E-state index < -0.39 is 0 Å². The van der Waals surface area contributed by atoms with Crippen LogP contribution in [-0.2, 0) is 0 Å². The van der Waals surface area contributed by atoms with Crippen molar-refractivity contribution >= 4 is 5.91 Å². The first-order chi connectivity index (χ1) is 7.90. The van der Waals surface area contributed by atoms with Crippen LogP contribution in [0.4, 0.5) is 0 Å². The Bertz CT molecular complexity index is 405. The van der Waals surface area contributed by atoms with Gasteiger partial charge in [0.1, 0.15) is 11.5 Å². The van der Waals surface area contributed by atoms with Crippen molar-refractivity contribution in [2.24, 2.45) is 5.73 Å². The lowest BCUT2D eigenvalue weighted by atomic mass is 10.1. The molecule has 5 heteroatoms. The molecule has 0 bridgehead atoms. The van der Waals surface area contributed by atoms with E-state index >= 15 is 0 Å². The summed E-state index contributed by atoms with van der Waals surface area (Å²) >= 11 is 0. The summed E-state index contributed by atoms with van der Waals surface area (Å²) in [6.45, 7) is 3.71. The predicted molar refractivity (Wildman–Crippen MR) is 65.0 cm³/mol. The van der Waals surface area contributed by atoms with E-state index in [-0.39, 0.29) is 35.1 Å². The van der Waals surface area contributed by atoms with Crippen molar-refractivity contribution in [3.05, 3.63) is 23.8 Å². The zero-order valence-corrected chi connectivity index (χ0v) is 9.97. The summed E-state index contributed by atoms with van der Waals surface area (Å²) < 4.78 is 0. The fourth-order valence-electron chi connectivity index (χ4n) is 1.63. The third kappa shape index (κ3) is 3.96. The molecular weight excluding hydrogens is 220 g/mol. The second-order valence-corrected chi connectivity index (χ2v) is 4.29. The number of nitrogens with one attached hydrogen (secondary N) is 1. The smallest absolute Gasteiger partial charge is 0.255 e. The van der Waals surface area contributed by atoms with Gasteiger partial charge < -0.3 is 21.3 Å². The molecule has 5 nitrogen and oxygen atoms in total. The predicted octanol–water partition coefficient (Wildman–Crippen LogP) is 0.953. The van der Waals surface area contributed by atoms with Crippen molar-refractivity contribution in [3.63, 3.8) is 0 Å². The molecule has 2 unspecified atom stereocenters. The van der Waals surface area contributed by atoms with E-state index in [2.05, 4.69) is 5.32 Å². The second kappa shape index (κ2) is 5.54. The zero-order chi connectivity index (χ0) is 13.0. The lowest BCUT2D eigenvalue weighted by Gasteiger charge is -2.16. The Balaban J connectivity index is 2.70. The number of benzene rings is 1. The van der Waals surface area contributed by atoms with E-state index in [1.165, 1.54) is 12.1 Å². The quantitative estimate of drug-likeness (QED) is 0.628. The number of hydrogen-bond acceptors (Lipinski definition) is 4. The fraction of sp³-hybridized carbons (Fsp3) is 0.417. The highest BCUT2D eigenvalue weighted by atomic mass is 16.3. The van der Waals surface area contributed by atoms with Gasteiger partial charge in [-0.25, -0.2) is 0 Å². The van der Waals surface area contributed by atoms with Crippen molar-refractivity contribution in [2.75, 3.05) is 0 Å². The maximum Gasteiger partial charge on any atom is 0.255 e. The zero-order valence-electron chi connectivity index (χ0n) is 9.97. The molecule has 1 amide bonds. The van der Waals surface area contributed by atoms with E-state index in [4.69, 9.17) is 10.8 Å². The number of amides is 1. The molecule has 0 aromatic heterocycles. The third-order valence-corrected chi connectivity index (χ3v) is 2.33. The molecule has 0 radical (unpaired) electrons. The van der Waals surface area contributed by atoms with Gasteiger partial charge >= 0.3 is 0 Å². The highest BCUT2D eigenvalue weighted by Crippen LogP contribution is 2.22. The number of rotatable bonds is 4. The number of aromatic hydroxyl groups is 2. The summed E-state index contributed by atoms with van der Waals surface area (Å²) in [6, 6.07) is 3.78. The molecule has 0 saturated carbocycles. The van der Waals surface area contributed by atoms with Gasteiger partial charge in [-0.3, -0.25) is 4.79 Å². The molecule has 0 heterocycles. The SMILES string of the molecule is CC(N)CC(C)NC(=O)c1ccc(O)cc1O. The van der Waals surface area contributed by atoms with Crippen LogP contribution in [0.5, 0.6) is 11.5 Å². The summed E-state index contributed by atoms with van der Waals surface area (Å²) in [5, 5.41) is 21.4. The molecular formula is C12H18N2O3. The molecule has 1 rings (SSSR count). The minimum atomic E-state index is -0.379. The van der Waals surface area contributed by atoms with E-state index in [0.29, 0.717) is 6.42 Å². The summed E-state index contributed by atoms with van der Waals surface area (Å²) in [4.78, 5) is 11.8. The van der Waals surface area contributed by atoms with Gasteiger partial charge in [-0.2, -0.15) is 0 Å². The van der Waals surface area contributed by atoms with Crippen molar-refractivity contribution in [1.29, 1.82) is 0 Å². The number of hydrogen-bond donors (Lipinski definition) is 4. The van der Waals surface area contributed by atoms with Crippen molar-refractivity contribution in [1.82, 2.24) is 5.32 Å². The first kappa shape index (κ1) is 13.3. The largest absolute Gasteiger partial charge is 0.508 e. The highest BCUT2D eigenvalue weighted by molar-refractivity contribution is 5.97. The molecule has 2 atom stereocenters. The molecule has 5 N–H and O–H groups in total. The maximum atomic E-state index is 11.8. The summed E-state index contributed by atoms with van der Waals surface area (Å²) in [5.41, 5.74) is 5.76. The first-order valence-corrected chi connectivity index (χ1v) is 5.48. The van der Waals surface area contributed by atoms with Gasteiger partial charge in [-0.15, -0.1) is 0 Å². The number of nitrogens with two attached hydrogens (primary N) is 1. The minimum Gasteiger partial charge on any atom is -0.508 e. The van der Waals surface area contributed by atoms with E-state index in [9.17, 15) is 9.90 Å². The lowest BCUT2D eigenvalue weighted by molar-refractivity contribution is 0.0935. The van der Waals surface area contributed by atoms with Crippen molar-refractivity contribution < 1.29 is 15.0 Å². The standard InChI is InChI=1S/C12H18N2O3/c1-7(13)5-8(2)14-12(17)10-4-3-9(15)6-11(10)16/h3-4,6-8,15-16H,5,13H2,1-2H3,(H,14,17). The molecule has 0 aliphatic rings. The second-order valence-electron chi connectivity index (χ2n) is 4.29. The van der Waals surface area contributed by atoms with Crippen LogP contribution >= 0.6 is 0 Å². The summed E-state index contributed by atoms with van der Waals surface area (Å²) in [6.07, 6.45) is 0.657. The third-order valence-electron chi connectivity index (χ3n) is 2.33. The average molecular weight is 238 g/mol. The van der Waals surface area contributed by atoms with Crippen LogP contribution in [0.2, 0.25) is 0 Å². The Labute approximate surface area is 100 Å². The Kier molecular flexibility index (Phi) is 4.34. The van der Waals surface area contributed by atoms with Crippen molar-refractivity contribution in [2.45, 2.75) is 32.4 Å². The average Bonchev–Trinajstić information content (AvgIpc) is 2.15. The van der Waals surface area contributed by atoms with Crippen LogP contribution in [0.1, 0.15) is 30.6 Å². The molecule has 0 aliphatic heterocycles. The topological polar surface area (TPSA) is 95.6 Å². The number of carbonyl (C=O) groups excluding carboxylic acids is 1. The van der Waals surface area contributed by atoms with Gasteiger partial charge in [0.05, 0.1) is 5.56 Å². The van der Waals surface area contributed by atoms with Crippen LogP contribution in [0.3, 0.4) is 0 Å². The van der Waals surface area contributed by atoms with Gasteiger partial charge in [0.2, 0.25) is 0 Å². The number of phenolic OH excluding ortho intramolecular Hbond substituents is 2. The Morgan fingerprint density at radius 1 is 1.41 bits per heavy atom. The summed E-state index contributed by atoms with van der Waals surface area (Å²) in [7, 11) is 0. The lowest BCUT2D eigenvalue weighted by Crippen LogP contribution is -2.36. The molecule has 0 spiro atoms. The van der Waals surface area contributed by atoms with Crippen LogP contribution in [0.15, 0.2) is 18.2 Å². The maximum absolute atomic E-state index is 11.8. The van der Waals surface area contributed by atoms with Crippen molar-refractivity contribution in [3.8, 4) is 11.5 Å². The molecule has 94 valence electrons. The minimum absolute atomic E-state index is 0.00119. The Morgan fingerprint density at radius 2 is 2.06 bits per heavy atom. The Morgan fingerprint density at radius 3 is 2.59 bits per heavy atom. The fourth-order valence-corrected chi connectivity index (χ4v) is 1.63. The number of phenols is 2. The van der Waals surface area contributed by atoms with E-state index in [0.717, 1.165) is 6.07 Å². The Hall–Kier alpha value is -1.75. The van der Waals surface area contributed by atoms with Crippen LogP contribution in [-0.4, -0.2) is 28.2 Å². The molecule has 1 aromatic rings. The summed E-state index contributed by atoms with van der Waals surface area (Å²) in [5.74, 6) is -0.700. The monoisotopic (exact) mass is 238 g/mol. The van der Waals surface area contributed by atoms with Crippen LogP contribution < -0.4 is 11.1 Å².